The zero-order valence-electron chi connectivity index (χ0n) is 33.9. The SMILES string of the molecule is CCC1OC(=O)[C@H](C)C(O[C@H]2C[C@@](C)(OC)[C@@H](O)[C@H](C)O2)[C@H](C)[C@@H](O[C@@H]2O[C@H](C)C[C@H](N(C)C)[C@H]2O)[C@](C)(OC)C[C@@H](C)C(=O)[C@H](C)[C@@H](O)[C@]1(C)O. The molecule has 0 aliphatic carbocycles. The van der Waals surface area contributed by atoms with Gasteiger partial charge in [0.15, 0.2) is 12.6 Å². The summed E-state index contributed by atoms with van der Waals surface area (Å²) in [6, 6.07) is -0.283. The number of methoxy groups -OCH3 is 2. The van der Waals surface area contributed by atoms with E-state index in [2.05, 4.69) is 0 Å². The van der Waals surface area contributed by atoms with Gasteiger partial charge in [-0.15, -0.1) is 0 Å². The van der Waals surface area contributed by atoms with Gasteiger partial charge in [-0.25, -0.2) is 0 Å². The third-order valence-electron chi connectivity index (χ3n) is 12.3. The Kier molecular flexibility index (Phi) is 15.3. The van der Waals surface area contributed by atoms with E-state index >= 15 is 0 Å². The highest BCUT2D eigenvalue weighted by Gasteiger charge is 2.54. The number of esters is 1. The molecule has 3 aliphatic heterocycles. The summed E-state index contributed by atoms with van der Waals surface area (Å²) in [6.45, 7) is 17.1. The molecule has 3 fully saturated rings. The Balaban J connectivity index is 2.22. The number of rotatable bonds is 8. The predicted molar refractivity (Wildman–Crippen MR) is 191 cm³/mol. The molecule has 3 rings (SSSR count). The van der Waals surface area contributed by atoms with Crippen LogP contribution in [0.25, 0.3) is 0 Å². The lowest BCUT2D eigenvalue weighted by atomic mass is 9.74. The standard InChI is InChI=1S/C38H69NO13/c1-15-26-38(10,45)31(42)21(4)28(40)19(2)17-37(9,47-14)33(52-35-29(41)25(39(11)12)16-20(3)48-35)22(5)30(23(6)34(44)50-26)51-27-18-36(8,46-13)32(43)24(7)49-27/h19-27,29-33,35,41-43,45H,15-18H2,1-14H3/t19-,20-,21+,22+,23-,24+,25+,26?,27+,29-,30?,31-,32+,33-,35+,36-,37-,38-/m1/s1. The molecule has 52 heavy (non-hydrogen) atoms. The number of carbonyl (C=O) groups excluding carboxylic acids is 2. The van der Waals surface area contributed by atoms with Crippen molar-refractivity contribution in [1.82, 2.24) is 4.90 Å². The Morgan fingerprint density at radius 3 is 1.98 bits per heavy atom. The fraction of sp³-hybridized carbons (Fsp3) is 0.947. The van der Waals surface area contributed by atoms with Crippen LogP contribution in [-0.2, 0) is 42.7 Å². The average Bonchev–Trinajstić information content (AvgIpc) is 3.09. The maximum Gasteiger partial charge on any atom is 0.311 e. The maximum absolute atomic E-state index is 14.2. The number of ketones is 1. The van der Waals surface area contributed by atoms with Crippen LogP contribution >= 0.6 is 0 Å². The molecule has 2 unspecified atom stereocenters. The van der Waals surface area contributed by atoms with Gasteiger partial charge in [0, 0.05) is 44.4 Å². The summed E-state index contributed by atoms with van der Waals surface area (Å²) in [4.78, 5) is 30.1. The second-order valence-electron chi connectivity index (χ2n) is 16.6. The van der Waals surface area contributed by atoms with E-state index in [-0.39, 0.29) is 37.2 Å². The lowest BCUT2D eigenvalue weighted by molar-refractivity contribution is -0.319. The Labute approximate surface area is 310 Å². The number of Topliss-reactive ketones (excluding diaryl/α,β-unsaturated/α-hetero) is 1. The van der Waals surface area contributed by atoms with E-state index in [0.717, 1.165) is 0 Å². The van der Waals surface area contributed by atoms with E-state index in [1.54, 1.807) is 48.5 Å². The minimum Gasteiger partial charge on any atom is -0.459 e. The van der Waals surface area contributed by atoms with Gasteiger partial charge in [-0.05, 0) is 74.9 Å². The molecule has 0 amide bonds. The molecule has 0 saturated carbocycles. The number of aliphatic hydroxyl groups is 4. The summed E-state index contributed by atoms with van der Waals surface area (Å²) >= 11 is 0. The second-order valence-corrected chi connectivity index (χ2v) is 16.6. The van der Waals surface area contributed by atoms with Crippen LogP contribution in [0.15, 0.2) is 0 Å². The van der Waals surface area contributed by atoms with E-state index in [0.29, 0.717) is 6.42 Å². The zero-order chi connectivity index (χ0) is 39.7. The van der Waals surface area contributed by atoms with E-state index < -0.39 is 102 Å². The van der Waals surface area contributed by atoms with E-state index in [1.807, 2.05) is 32.8 Å². The van der Waals surface area contributed by atoms with Crippen LogP contribution in [0.1, 0.15) is 94.9 Å². The Hall–Kier alpha value is -1.30. The fourth-order valence-corrected chi connectivity index (χ4v) is 8.58. The summed E-state index contributed by atoms with van der Waals surface area (Å²) in [6.07, 6.45) is -8.73. The monoisotopic (exact) mass is 747 g/mol. The van der Waals surface area contributed by atoms with Crippen LogP contribution in [0.5, 0.6) is 0 Å². The van der Waals surface area contributed by atoms with Crippen LogP contribution in [0.4, 0.5) is 0 Å². The molecule has 0 aromatic carbocycles. The van der Waals surface area contributed by atoms with Gasteiger partial charge in [0.2, 0.25) is 0 Å². The Bertz CT molecular complexity index is 1190. The first kappa shape index (κ1) is 45.1. The molecule has 0 aromatic heterocycles. The molecule has 304 valence electrons. The molecule has 14 heteroatoms. The molecular formula is C38H69NO13. The second kappa shape index (κ2) is 17.7. The largest absolute Gasteiger partial charge is 0.459 e. The minimum atomic E-state index is -1.96. The van der Waals surface area contributed by atoms with Crippen LogP contribution < -0.4 is 0 Å². The normalized spacial score (nSPS) is 49.0. The van der Waals surface area contributed by atoms with Crippen LogP contribution in [0.2, 0.25) is 0 Å². The van der Waals surface area contributed by atoms with Gasteiger partial charge < -0.3 is 58.5 Å². The number of nitrogens with zero attached hydrogens (tertiary/aromatic N) is 1. The van der Waals surface area contributed by atoms with Crippen LogP contribution in [0.3, 0.4) is 0 Å². The van der Waals surface area contributed by atoms with Gasteiger partial charge in [-0.2, -0.15) is 0 Å². The topological polar surface area (TPSA) is 183 Å². The van der Waals surface area contributed by atoms with E-state index in [9.17, 15) is 30.0 Å². The molecule has 3 saturated heterocycles. The van der Waals surface area contributed by atoms with Crippen LogP contribution in [-0.4, -0.2) is 150 Å². The number of likely N-dealkylation sites (N-methyl/N-ethyl adjacent to an activating group) is 1. The van der Waals surface area contributed by atoms with Crippen molar-refractivity contribution in [3.05, 3.63) is 0 Å². The van der Waals surface area contributed by atoms with Gasteiger partial charge in [-0.3, -0.25) is 9.59 Å². The van der Waals surface area contributed by atoms with Gasteiger partial charge >= 0.3 is 5.97 Å². The lowest BCUT2D eigenvalue weighted by Gasteiger charge is -2.50. The predicted octanol–water partition coefficient (Wildman–Crippen LogP) is 2.44. The van der Waals surface area contributed by atoms with E-state index in [1.165, 1.54) is 21.1 Å². The number of hydrogen-bond donors (Lipinski definition) is 4. The summed E-state index contributed by atoms with van der Waals surface area (Å²) < 4.78 is 43.9. The summed E-state index contributed by atoms with van der Waals surface area (Å²) in [5.41, 5.74) is -4.24. The van der Waals surface area contributed by atoms with E-state index in [4.69, 9.17) is 33.2 Å². The molecule has 0 spiro atoms. The van der Waals surface area contributed by atoms with Gasteiger partial charge in [-0.1, -0.05) is 27.7 Å². The van der Waals surface area contributed by atoms with Crippen molar-refractivity contribution in [3.8, 4) is 0 Å². The van der Waals surface area contributed by atoms with Gasteiger partial charge in [0.05, 0.1) is 47.6 Å². The van der Waals surface area contributed by atoms with Crippen molar-refractivity contribution in [2.45, 2.75) is 179 Å². The number of carbonyl (C=O) groups is 2. The molecule has 0 bridgehead atoms. The first-order chi connectivity index (χ1) is 24.0. The molecule has 14 nitrogen and oxygen atoms in total. The van der Waals surface area contributed by atoms with Crippen molar-refractivity contribution in [1.29, 1.82) is 0 Å². The van der Waals surface area contributed by atoms with Gasteiger partial charge in [0.25, 0.3) is 0 Å². The lowest BCUT2D eigenvalue weighted by Crippen LogP contribution is -2.61. The number of ether oxygens (including phenoxy) is 7. The zero-order valence-corrected chi connectivity index (χ0v) is 33.9. The minimum absolute atomic E-state index is 0.111. The van der Waals surface area contributed by atoms with Crippen molar-refractivity contribution >= 4 is 11.8 Å². The van der Waals surface area contributed by atoms with Gasteiger partial charge in [0.1, 0.15) is 29.7 Å². The number of aliphatic hydroxyl groups excluding tert-OH is 3. The summed E-state index contributed by atoms with van der Waals surface area (Å²) in [5, 5.41) is 45.6. The third kappa shape index (κ3) is 9.38. The molecule has 0 radical (unpaired) electrons. The smallest absolute Gasteiger partial charge is 0.311 e. The average molecular weight is 748 g/mol. The molecule has 3 heterocycles. The van der Waals surface area contributed by atoms with Crippen molar-refractivity contribution in [2.75, 3.05) is 28.3 Å². The number of cyclic esters (lactones) is 1. The quantitative estimate of drug-likeness (QED) is 0.266. The first-order valence-corrected chi connectivity index (χ1v) is 18.9. The van der Waals surface area contributed by atoms with Crippen molar-refractivity contribution in [2.24, 2.45) is 23.7 Å². The highest BCUT2D eigenvalue weighted by molar-refractivity contribution is 5.83. The van der Waals surface area contributed by atoms with Crippen molar-refractivity contribution in [3.63, 3.8) is 0 Å². The summed E-state index contributed by atoms with van der Waals surface area (Å²) in [5.74, 6) is -4.47. The first-order valence-electron chi connectivity index (χ1n) is 18.9. The molecule has 18 atom stereocenters. The molecular weight excluding hydrogens is 678 g/mol. The third-order valence-corrected chi connectivity index (χ3v) is 12.3. The van der Waals surface area contributed by atoms with Crippen molar-refractivity contribution < 1.29 is 63.2 Å². The molecule has 3 aliphatic rings. The Morgan fingerprint density at radius 2 is 1.44 bits per heavy atom. The molecule has 0 aromatic rings. The molecule has 4 N–H and O–H groups in total. The Morgan fingerprint density at radius 1 is 0.846 bits per heavy atom. The summed E-state index contributed by atoms with van der Waals surface area (Å²) in [7, 11) is 6.77. The highest BCUT2D eigenvalue weighted by Crippen LogP contribution is 2.41. The highest BCUT2D eigenvalue weighted by atomic mass is 16.7. The maximum atomic E-state index is 14.2. The fourth-order valence-electron chi connectivity index (χ4n) is 8.58. The van der Waals surface area contributed by atoms with Crippen LogP contribution in [0, 0.1) is 23.7 Å². The number of hydrogen-bond acceptors (Lipinski definition) is 14.